The number of sulfonamides is 1. The Balaban J connectivity index is 1.73. The Kier molecular flexibility index (Phi) is 6.64. The fourth-order valence-corrected chi connectivity index (χ4v) is 4.84. The number of hydrogen-bond acceptors (Lipinski definition) is 5. The SMILES string of the molecule is COc1ccc(S(=O)(=O)N2CCCCC2)cc1CCC(=O)Nc1cccnc1. The van der Waals surface area contributed by atoms with Crippen LogP contribution in [0.3, 0.4) is 0 Å². The van der Waals surface area contributed by atoms with Crippen molar-refractivity contribution >= 4 is 21.6 Å². The van der Waals surface area contributed by atoms with Gasteiger partial charge in [-0.1, -0.05) is 6.42 Å². The van der Waals surface area contributed by atoms with Gasteiger partial charge in [0.15, 0.2) is 0 Å². The summed E-state index contributed by atoms with van der Waals surface area (Å²) in [5, 5.41) is 2.78. The van der Waals surface area contributed by atoms with Gasteiger partial charge in [-0.3, -0.25) is 9.78 Å². The molecule has 3 rings (SSSR count). The second-order valence-electron chi connectivity index (χ2n) is 6.73. The number of nitrogens with zero attached hydrogens (tertiary/aromatic N) is 2. The Morgan fingerprint density at radius 3 is 2.68 bits per heavy atom. The fraction of sp³-hybridized carbons (Fsp3) is 0.400. The number of hydrogen-bond donors (Lipinski definition) is 1. The molecular formula is C20H25N3O4S. The van der Waals surface area contributed by atoms with E-state index in [1.807, 2.05) is 0 Å². The fourth-order valence-electron chi connectivity index (χ4n) is 3.27. The van der Waals surface area contributed by atoms with Gasteiger partial charge in [-0.2, -0.15) is 4.31 Å². The third kappa shape index (κ3) is 4.88. The van der Waals surface area contributed by atoms with Crippen molar-refractivity contribution in [2.45, 2.75) is 37.0 Å². The Morgan fingerprint density at radius 2 is 2.00 bits per heavy atom. The molecule has 1 aliphatic rings. The van der Waals surface area contributed by atoms with Gasteiger partial charge in [-0.05, 0) is 55.2 Å². The van der Waals surface area contributed by atoms with Gasteiger partial charge in [-0.15, -0.1) is 0 Å². The van der Waals surface area contributed by atoms with Crippen LogP contribution in [0, 0.1) is 0 Å². The normalized spacial score (nSPS) is 15.2. The van der Waals surface area contributed by atoms with E-state index in [-0.39, 0.29) is 17.2 Å². The molecule has 7 nitrogen and oxygen atoms in total. The summed E-state index contributed by atoms with van der Waals surface area (Å²) in [5.41, 5.74) is 1.32. The number of carbonyl (C=O) groups excluding carboxylic acids is 1. The molecule has 2 aromatic rings. The van der Waals surface area contributed by atoms with Crippen LogP contribution in [-0.2, 0) is 21.2 Å². The summed E-state index contributed by atoms with van der Waals surface area (Å²) in [4.78, 5) is 16.4. The third-order valence-electron chi connectivity index (χ3n) is 4.77. The summed E-state index contributed by atoms with van der Waals surface area (Å²) in [5.74, 6) is 0.408. The van der Waals surface area contributed by atoms with E-state index in [4.69, 9.17) is 4.74 Å². The highest BCUT2D eigenvalue weighted by atomic mass is 32.2. The second kappa shape index (κ2) is 9.16. The molecule has 1 saturated heterocycles. The van der Waals surface area contributed by atoms with Crippen LogP contribution in [0.25, 0.3) is 0 Å². The summed E-state index contributed by atoms with van der Waals surface area (Å²) in [7, 11) is -1.99. The van der Waals surface area contributed by atoms with E-state index in [0.717, 1.165) is 19.3 Å². The number of aromatic nitrogens is 1. The molecule has 0 atom stereocenters. The molecule has 1 amide bonds. The van der Waals surface area contributed by atoms with Crippen molar-refractivity contribution in [1.29, 1.82) is 0 Å². The molecule has 1 aliphatic heterocycles. The van der Waals surface area contributed by atoms with Crippen LogP contribution < -0.4 is 10.1 Å². The van der Waals surface area contributed by atoms with Crippen LogP contribution in [0.5, 0.6) is 5.75 Å². The Bertz CT molecular complexity index is 910. The quantitative estimate of drug-likeness (QED) is 0.768. The van der Waals surface area contributed by atoms with Crippen molar-refractivity contribution in [3.63, 3.8) is 0 Å². The van der Waals surface area contributed by atoms with Gasteiger partial charge in [0.25, 0.3) is 0 Å². The molecule has 0 saturated carbocycles. The van der Waals surface area contributed by atoms with E-state index >= 15 is 0 Å². The number of aryl methyl sites for hydroxylation is 1. The number of piperidine rings is 1. The van der Waals surface area contributed by atoms with Gasteiger partial charge in [0, 0.05) is 25.7 Å². The van der Waals surface area contributed by atoms with Crippen molar-refractivity contribution < 1.29 is 17.9 Å². The molecule has 0 aliphatic carbocycles. The minimum atomic E-state index is -3.53. The van der Waals surface area contributed by atoms with Crippen molar-refractivity contribution in [3.05, 3.63) is 48.3 Å². The summed E-state index contributed by atoms with van der Waals surface area (Å²) in [6.07, 6.45) is 6.62. The zero-order chi connectivity index (χ0) is 20.0. The summed E-state index contributed by atoms with van der Waals surface area (Å²) in [6.45, 7) is 1.11. The van der Waals surface area contributed by atoms with Gasteiger partial charge in [0.1, 0.15) is 5.75 Å². The minimum absolute atomic E-state index is 0.167. The first-order valence-electron chi connectivity index (χ1n) is 9.37. The third-order valence-corrected chi connectivity index (χ3v) is 6.67. The molecule has 1 fully saturated rings. The standard InChI is InChI=1S/C20H25N3O4S/c1-27-19-9-8-18(28(25,26)23-12-3-2-4-13-23)14-16(19)7-10-20(24)22-17-6-5-11-21-15-17/h5-6,8-9,11,14-15H,2-4,7,10,12-13H2,1H3,(H,22,24). The van der Waals surface area contributed by atoms with E-state index in [2.05, 4.69) is 10.3 Å². The highest BCUT2D eigenvalue weighted by Crippen LogP contribution is 2.27. The van der Waals surface area contributed by atoms with E-state index in [0.29, 0.717) is 36.5 Å². The van der Waals surface area contributed by atoms with E-state index in [1.165, 1.54) is 11.4 Å². The maximum Gasteiger partial charge on any atom is 0.243 e. The van der Waals surface area contributed by atoms with Crippen LogP contribution in [0.15, 0.2) is 47.6 Å². The molecule has 1 N–H and O–H groups in total. The number of ether oxygens (including phenoxy) is 1. The zero-order valence-electron chi connectivity index (χ0n) is 15.9. The van der Waals surface area contributed by atoms with Gasteiger partial charge < -0.3 is 10.1 Å². The molecule has 0 bridgehead atoms. The lowest BCUT2D eigenvalue weighted by Crippen LogP contribution is -2.35. The van der Waals surface area contributed by atoms with Gasteiger partial charge in [-0.25, -0.2) is 8.42 Å². The molecule has 1 aromatic carbocycles. The maximum absolute atomic E-state index is 12.9. The lowest BCUT2D eigenvalue weighted by Gasteiger charge is -2.26. The molecule has 8 heteroatoms. The summed E-state index contributed by atoms with van der Waals surface area (Å²) < 4.78 is 32.7. The van der Waals surface area contributed by atoms with Gasteiger partial charge in [0.2, 0.25) is 15.9 Å². The number of rotatable bonds is 7. The van der Waals surface area contributed by atoms with Crippen LogP contribution in [-0.4, -0.2) is 43.8 Å². The molecule has 1 aromatic heterocycles. The first kappa shape index (κ1) is 20.3. The summed E-state index contributed by atoms with van der Waals surface area (Å²) in [6, 6.07) is 8.36. The lowest BCUT2D eigenvalue weighted by molar-refractivity contribution is -0.116. The largest absolute Gasteiger partial charge is 0.496 e. The van der Waals surface area contributed by atoms with Crippen LogP contribution >= 0.6 is 0 Å². The molecular weight excluding hydrogens is 378 g/mol. The number of amides is 1. The van der Waals surface area contributed by atoms with Gasteiger partial charge >= 0.3 is 0 Å². The second-order valence-corrected chi connectivity index (χ2v) is 8.67. The Labute approximate surface area is 165 Å². The molecule has 2 heterocycles. The number of methoxy groups -OCH3 is 1. The van der Waals surface area contributed by atoms with Crippen molar-refractivity contribution in [2.75, 3.05) is 25.5 Å². The lowest BCUT2D eigenvalue weighted by atomic mass is 10.1. The molecule has 0 spiro atoms. The van der Waals surface area contributed by atoms with E-state index in [9.17, 15) is 13.2 Å². The number of anilines is 1. The molecule has 0 unspecified atom stereocenters. The number of benzene rings is 1. The van der Waals surface area contributed by atoms with E-state index in [1.54, 1.807) is 42.7 Å². The highest BCUT2D eigenvalue weighted by Gasteiger charge is 2.26. The van der Waals surface area contributed by atoms with E-state index < -0.39 is 10.0 Å². The number of nitrogens with one attached hydrogen (secondary N) is 1. The van der Waals surface area contributed by atoms with Gasteiger partial charge in [0.05, 0.1) is 23.9 Å². The van der Waals surface area contributed by atoms with Crippen LogP contribution in [0.1, 0.15) is 31.2 Å². The smallest absolute Gasteiger partial charge is 0.243 e. The predicted octanol–water partition coefficient (Wildman–Crippen LogP) is 2.84. The highest BCUT2D eigenvalue weighted by molar-refractivity contribution is 7.89. The minimum Gasteiger partial charge on any atom is -0.496 e. The zero-order valence-corrected chi connectivity index (χ0v) is 16.7. The average Bonchev–Trinajstić information content (AvgIpc) is 2.73. The van der Waals surface area contributed by atoms with Crippen molar-refractivity contribution in [1.82, 2.24) is 9.29 Å². The van der Waals surface area contributed by atoms with Crippen LogP contribution in [0.4, 0.5) is 5.69 Å². The average molecular weight is 404 g/mol. The van der Waals surface area contributed by atoms with Crippen molar-refractivity contribution in [2.24, 2.45) is 0 Å². The van der Waals surface area contributed by atoms with Crippen molar-refractivity contribution in [3.8, 4) is 5.75 Å². The van der Waals surface area contributed by atoms with Crippen LogP contribution in [0.2, 0.25) is 0 Å². The maximum atomic E-state index is 12.9. The first-order valence-corrected chi connectivity index (χ1v) is 10.8. The Hall–Kier alpha value is -2.45. The topological polar surface area (TPSA) is 88.6 Å². The molecule has 150 valence electrons. The first-order chi connectivity index (χ1) is 13.5. The Morgan fingerprint density at radius 1 is 1.21 bits per heavy atom. The monoisotopic (exact) mass is 403 g/mol. The number of pyridine rings is 1. The molecule has 0 radical (unpaired) electrons. The predicted molar refractivity (Wildman–Crippen MR) is 107 cm³/mol. The number of carbonyl (C=O) groups is 1. The molecule has 28 heavy (non-hydrogen) atoms. The summed E-state index contributed by atoms with van der Waals surface area (Å²) >= 11 is 0.